The second-order valence-electron chi connectivity index (χ2n) is 2.80. The zero-order valence-electron chi connectivity index (χ0n) is 7.81. The second-order valence-corrected chi connectivity index (χ2v) is 2.80. The van der Waals surface area contributed by atoms with Crippen LogP contribution in [0.1, 0.15) is 5.69 Å². The molecular formula is C10H11Cl2N3. The molecule has 1 aromatic heterocycles. The van der Waals surface area contributed by atoms with Gasteiger partial charge in [0.15, 0.2) is 0 Å². The van der Waals surface area contributed by atoms with E-state index in [-0.39, 0.29) is 30.6 Å². The molecule has 0 saturated heterocycles. The van der Waals surface area contributed by atoms with Crippen molar-refractivity contribution in [3.63, 3.8) is 0 Å². The first-order valence-electron chi connectivity index (χ1n) is 3.97. The fraction of sp³-hybridized carbons (Fsp3) is 0. The van der Waals surface area contributed by atoms with Crippen molar-refractivity contribution in [2.24, 2.45) is 5.73 Å². The maximum atomic E-state index is 7.23. The lowest BCUT2D eigenvalue weighted by molar-refractivity contribution is 1.31. The molecule has 0 spiro atoms. The van der Waals surface area contributed by atoms with Gasteiger partial charge in [-0.15, -0.1) is 24.8 Å². The number of benzene rings is 1. The van der Waals surface area contributed by atoms with E-state index in [1.54, 1.807) is 6.07 Å². The summed E-state index contributed by atoms with van der Waals surface area (Å²) in [5, 5.41) is 8.29. The van der Waals surface area contributed by atoms with Crippen molar-refractivity contribution in [3.05, 3.63) is 42.1 Å². The third-order valence-electron chi connectivity index (χ3n) is 1.87. The van der Waals surface area contributed by atoms with Crippen LogP contribution in [-0.4, -0.2) is 10.8 Å². The summed E-state index contributed by atoms with van der Waals surface area (Å²) in [6.07, 6.45) is 0. The minimum atomic E-state index is 0. The van der Waals surface area contributed by atoms with E-state index in [0.29, 0.717) is 5.69 Å². The van der Waals surface area contributed by atoms with Gasteiger partial charge in [0.05, 0.1) is 5.52 Å². The molecule has 80 valence electrons. The number of halogens is 2. The van der Waals surface area contributed by atoms with Crippen molar-refractivity contribution in [3.8, 4) is 0 Å². The molecule has 0 unspecified atom stereocenters. The van der Waals surface area contributed by atoms with Crippen LogP contribution in [0, 0.1) is 5.41 Å². The van der Waals surface area contributed by atoms with Gasteiger partial charge in [-0.2, -0.15) is 0 Å². The van der Waals surface area contributed by atoms with Crippen molar-refractivity contribution in [1.82, 2.24) is 4.98 Å². The van der Waals surface area contributed by atoms with E-state index in [9.17, 15) is 0 Å². The summed E-state index contributed by atoms with van der Waals surface area (Å²) < 4.78 is 0. The number of nitrogen functional groups attached to an aromatic ring is 1. The Bertz CT molecular complexity index is 471. The topological polar surface area (TPSA) is 62.8 Å². The number of pyridine rings is 1. The minimum Gasteiger partial charge on any atom is -0.382 e. The van der Waals surface area contributed by atoms with Gasteiger partial charge in [-0.25, -0.2) is 4.98 Å². The van der Waals surface area contributed by atoms with Crippen LogP contribution in [0.2, 0.25) is 0 Å². The third kappa shape index (κ3) is 2.81. The fourth-order valence-corrected chi connectivity index (χ4v) is 1.22. The van der Waals surface area contributed by atoms with Crippen LogP contribution in [0.5, 0.6) is 0 Å². The van der Waals surface area contributed by atoms with Gasteiger partial charge in [-0.3, -0.25) is 5.41 Å². The Morgan fingerprint density at radius 1 is 1.07 bits per heavy atom. The highest BCUT2D eigenvalue weighted by molar-refractivity contribution is 5.95. The fourth-order valence-electron chi connectivity index (χ4n) is 1.22. The van der Waals surface area contributed by atoms with E-state index in [4.69, 9.17) is 11.1 Å². The summed E-state index contributed by atoms with van der Waals surface area (Å²) in [6.45, 7) is 0. The molecule has 0 fully saturated rings. The first kappa shape index (κ1) is 13.7. The molecular weight excluding hydrogens is 233 g/mol. The SMILES string of the molecule is Cl.Cl.N=C(N)c1ccc2ccccc2n1. The molecule has 0 amide bonds. The highest BCUT2D eigenvalue weighted by atomic mass is 35.5. The summed E-state index contributed by atoms with van der Waals surface area (Å²) in [7, 11) is 0. The van der Waals surface area contributed by atoms with Gasteiger partial charge < -0.3 is 5.73 Å². The molecule has 3 N–H and O–H groups in total. The summed E-state index contributed by atoms with van der Waals surface area (Å²) in [4.78, 5) is 4.23. The summed E-state index contributed by atoms with van der Waals surface area (Å²) in [5.74, 6) is 0.00533. The van der Waals surface area contributed by atoms with E-state index in [2.05, 4.69) is 4.98 Å². The van der Waals surface area contributed by atoms with Crippen LogP contribution in [0.4, 0.5) is 0 Å². The molecule has 0 saturated carbocycles. The molecule has 1 heterocycles. The van der Waals surface area contributed by atoms with E-state index >= 15 is 0 Å². The monoisotopic (exact) mass is 243 g/mol. The van der Waals surface area contributed by atoms with Crippen LogP contribution < -0.4 is 5.73 Å². The van der Waals surface area contributed by atoms with Crippen molar-refractivity contribution < 1.29 is 0 Å². The predicted octanol–water partition coefficient (Wildman–Crippen LogP) is 2.36. The maximum Gasteiger partial charge on any atom is 0.141 e. The average Bonchev–Trinajstić information content (AvgIpc) is 2.17. The van der Waals surface area contributed by atoms with Gasteiger partial charge in [0.1, 0.15) is 11.5 Å². The predicted molar refractivity (Wildman–Crippen MR) is 67.3 cm³/mol. The minimum absolute atomic E-state index is 0. The summed E-state index contributed by atoms with van der Waals surface area (Å²) in [5.41, 5.74) is 6.72. The van der Waals surface area contributed by atoms with Gasteiger partial charge in [-0.05, 0) is 12.1 Å². The Kier molecular flexibility index (Phi) is 5.05. The molecule has 0 aliphatic rings. The molecule has 5 heteroatoms. The number of hydrogen-bond acceptors (Lipinski definition) is 2. The average molecular weight is 244 g/mol. The van der Waals surface area contributed by atoms with Crippen LogP contribution in [0.15, 0.2) is 36.4 Å². The number of rotatable bonds is 1. The normalized spacial score (nSPS) is 8.80. The summed E-state index contributed by atoms with van der Waals surface area (Å²) >= 11 is 0. The van der Waals surface area contributed by atoms with Crippen molar-refractivity contribution >= 4 is 41.6 Å². The lowest BCUT2D eigenvalue weighted by Gasteiger charge is -1.99. The Morgan fingerprint density at radius 2 is 1.73 bits per heavy atom. The van der Waals surface area contributed by atoms with E-state index in [0.717, 1.165) is 10.9 Å². The number of aromatic nitrogens is 1. The molecule has 2 rings (SSSR count). The smallest absolute Gasteiger partial charge is 0.141 e. The third-order valence-corrected chi connectivity index (χ3v) is 1.87. The zero-order chi connectivity index (χ0) is 9.26. The molecule has 0 atom stereocenters. The summed E-state index contributed by atoms with van der Waals surface area (Å²) in [6, 6.07) is 11.4. The molecule has 0 bridgehead atoms. The first-order chi connectivity index (χ1) is 6.27. The van der Waals surface area contributed by atoms with Crippen LogP contribution in [0.25, 0.3) is 10.9 Å². The number of nitrogens with two attached hydrogens (primary N) is 1. The number of para-hydroxylation sites is 1. The second kappa shape index (κ2) is 5.53. The van der Waals surface area contributed by atoms with Crippen molar-refractivity contribution in [1.29, 1.82) is 5.41 Å². The number of nitrogens with one attached hydrogen (secondary N) is 1. The number of hydrogen-bond donors (Lipinski definition) is 2. The van der Waals surface area contributed by atoms with E-state index in [1.165, 1.54) is 0 Å². The van der Waals surface area contributed by atoms with Crippen molar-refractivity contribution in [2.75, 3.05) is 0 Å². The van der Waals surface area contributed by atoms with Crippen molar-refractivity contribution in [2.45, 2.75) is 0 Å². The van der Waals surface area contributed by atoms with Crippen LogP contribution in [-0.2, 0) is 0 Å². The number of amidine groups is 1. The van der Waals surface area contributed by atoms with Gasteiger partial charge >= 0.3 is 0 Å². The highest BCUT2D eigenvalue weighted by Gasteiger charge is 1.98. The van der Waals surface area contributed by atoms with Gasteiger partial charge in [-0.1, -0.05) is 24.3 Å². The van der Waals surface area contributed by atoms with E-state index < -0.39 is 0 Å². The zero-order valence-corrected chi connectivity index (χ0v) is 9.44. The lowest BCUT2D eigenvalue weighted by Crippen LogP contribution is -2.12. The van der Waals surface area contributed by atoms with E-state index in [1.807, 2.05) is 30.3 Å². The van der Waals surface area contributed by atoms with Gasteiger partial charge in [0, 0.05) is 5.39 Å². The Balaban J connectivity index is 0.000000980. The lowest BCUT2D eigenvalue weighted by atomic mass is 10.2. The molecule has 0 aliphatic heterocycles. The first-order valence-corrected chi connectivity index (χ1v) is 3.97. The molecule has 0 aliphatic carbocycles. The Labute approximate surface area is 100 Å². The highest BCUT2D eigenvalue weighted by Crippen LogP contribution is 2.10. The van der Waals surface area contributed by atoms with Gasteiger partial charge in [0.2, 0.25) is 0 Å². The number of nitrogens with zero attached hydrogens (tertiary/aromatic N) is 1. The Hall–Kier alpha value is -1.32. The van der Waals surface area contributed by atoms with Crippen LogP contribution in [0.3, 0.4) is 0 Å². The van der Waals surface area contributed by atoms with Gasteiger partial charge in [0.25, 0.3) is 0 Å². The largest absolute Gasteiger partial charge is 0.382 e. The standard InChI is InChI=1S/C10H9N3.2ClH/c11-10(12)9-6-5-7-3-1-2-4-8(7)13-9;;/h1-6H,(H3,11,12);2*1H. The molecule has 15 heavy (non-hydrogen) atoms. The number of fused-ring (bicyclic) bond motifs is 1. The Morgan fingerprint density at radius 3 is 2.40 bits per heavy atom. The van der Waals surface area contributed by atoms with Crippen LogP contribution >= 0.6 is 24.8 Å². The molecule has 1 aromatic carbocycles. The molecule has 3 nitrogen and oxygen atoms in total. The quantitative estimate of drug-likeness (QED) is 0.597. The molecule has 2 aromatic rings. The molecule has 0 radical (unpaired) electrons. The maximum absolute atomic E-state index is 7.23.